The Bertz CT molecular complexity index is 582. The molecule has 112 valence electrons. The minimum absolute atomic E-state index is 0.0744. The van der Waals surface area contributed by atoms with E-state index in [1.165, 1.54) is 12.1 Å². The molecule has 2 rings (SSSR count). The topological polar surface area (TPSA) is 29.5 Å². The molecule has 0 aliphatic heterocycles. The Kier molecular flexibility index (Phi) is 5.28. The predicted octanol–water partition coefficient (Wildman–Crippen LogP) is 4.23. The Hall–Kier alpha value is -1.94. The van der Waals surface area contributed by atoms with Crippen molar-refractivity contribution in [3.05, 3.63) is 65.2 Å². The summed E-state index contributed by atoms with van der Waals surface area (Å²) < 4.78 is 32.4. The van der Waals surface area contributed by atoms with Crippen LogP contribution in [0.15, 0.2) is 42.5 Å². The number of aliphatic hydroxyl groups is 1. The molecule has 1 unspecified atom stereocenters. The lowest BCUT2D eigenvalue weighted by Crippen LogP contribution is -2.04. The van der Waals surface area contributed by atoms with Crippen molar-refractivity contribution in [2.75, 3.05) is 6.61 Å². The molecular weight excluding hydrogens is 274 g/mol. The smallest absolute Gasteiger partial charge is 0.164 e. The fourth-order valence-corrected chi connectivity index (χ4v) is 1.99. The second-order valence-corrected chi connectivity index (χ2v) is 4.82. The summed E-state index contributed by atoms with van der Waals surface area (Å²) in [4.78, 5) is 0. The molecule has 4 heteroatoms. The summed E-state index contributed by atoms with van der Waals surface area (Å²) in [7, 11) is 0. The van der Waals surface area contributed by atoms with E-state index in [1.54, 1.807) is 24.3 Å². The Morgan fingerprint density at radius 3 is 2.48 bits per heavy atom. The predicted molar refractivity (Wildman–Crippen MR) is 77.3 cm³/mol. The van der Waals surface area contributed by atoms with Gasteiger partial charge >= 0.3 is 0 Å². The molecule has 0 bridgehead atoms. The van der Waals surface area contributed by atoms with Gasteiger partial charge in [0.05, 0.1) is 6.61 Å². The molecule has 0 amide bonds. The number of hydrogen-bond acceptors (Lipinski definition) is 2. The summed E-state index contributed by atoms with van der Waals surface area (Å²) >= 11 is 0. The fourth-order valence-electron chi connectivity index (χ4n) is 1.99. The third-order valence-electron chi connectivity index (χ3n) is 3.24. The Morgan fingerprint density at radius 2 is 1.81 bits per heavy atom. The fraction of sp³-hybridized carbons (Fsp3) is 0.294. The maximum Gasteiger partial charge on any atom is 0.164 e. The zero-order valence-electron chi connectivity index (χ0n) is 11.9. The Labute approximate surface area is 123 Å². The molecule has 2 aromatic carbocycles. The SMILES string of the molecule is CCCCOc1ccc(C(O)c2cccc(F)c2F)cc1. The summed E-state index contributed by atoms with van der Waals surface area (Å²) in [5, 5.41) is 10.2. The van der Waals surface area contributed by atoms with Gasteiger partial charge in [0.2, 0.25) is 0 Å². The van der Waals surface area contributed by atoms with Crippen molar-refractivity contribution in [3.63, 3.8) is 0 Å². The molecular formula is C17H18F2O2. The van der Waals surface area contributed by atoms with Crippen LogP contribution in [0.5, 0.6) is 5.75 Å². The lowest BCUT2D eigenvalue weighted by molar-refractivity contribution is 0.213. The largest absolute Gasteiger partial charge is 0.494 e. The molecule has 2 aromatic rings. The molecule has 0 saturated heterocycles. The number of aliphatic hydroxyl groups excluding tert-OH is 1. The van der Waals surface area contributed by atoms with Gasteiger partial charge in [-0.05, 0) is 30.2 Å². The van der Waals surface area contributed by atoms with Crippen LogP contribution in [0.1, 0.15) is 37.0 Å². The van der Waals surface area contributed by atoms with Gasteiger partial charge in [0.1, 0.15) is 11.9 Å². The molecule has 0 aliphatic rings. The van der Waals surface area contributed by atoms with Crippen molar-refractivity contribution in [1.29, 1.82) is 0 Å². The first-order chi connectivity index (χ1) is 10.1. The van der Waals surface area contributed by atoms with E-state index in [0.717, 1.165) is 18.9 Å². The third-order valence-corrected chi connectivity index (χ3v) is 3.24. The average molecular weight is 292 g/mol. The molecule has 0 heterocycles. The molecule has 2 nitrogen and oxygen atoms in total. The number of rotatable bonds is 6. The monoisotopic (exact) mass is 292 g/mol. The maximum atomic E-state index is 13.7. The molecule has 1 atom stereocenters. The van der Waals surface area contributed by atoms with Gasteiger partial charge in [0.15, 0.2) is 11.6 Å². The second kappa shape index (κ2) is 7.18. The zero-order chi connectivity index (χ0) is 15.2. The summed E-state index contributed by atoms with van der Waals surface area (Å²) in [5.41, 5.74) is 0.414. The van der Waals surface area contributed by atoms with E-state index < -0.39 is 17.7 Å². The zero-order valence-corrected chi connectivity index (χ0v) is 11.9. The van der Waals surface area contributed by atoms with Gasteiger partial charge in [0, 0.05) is 5.56 Å². The maximum absolute atomic E-state index is 13.7. The van der Waals surface area contributed by atoms with Crippen molar-refractivity contribution in [2.45, 2.75) is 25.9 Å². The van der Waals surface area contributed by atoms with Crippen LogP contribution < -0.4 is 4.74 Å². The molecule has 0 spiro atoms. The van der Waals surface area contributed by atoms with Crippen molar-refractivity contribution in [1.82, 2.24) is 0 Å². The molecule has 0 fully saturated rings. The number of unbranched alkanes of at least 4 members (excludes halogenated alkanes) is 1. The minimum atomic E-state index is -1.20. The van der Waals surface area contributed by atoms with Gasteiger partial charge in [0.25, 0.3) is 0 Å². The highest BCUT2D eigenvalue weighted by atomic mass is 19.2. The highest BCUT2D eigenvalue weighted by Crippen LogP contribution is 2.26. The van der Waals surface area contributed by atoms with E-state index in [-0.39, 0.29) is 5.56 Å². The molecule has 0 radical (unpaired) electrons. The van der Waals surface area contributed by atoms with Crippen LogP contribution >= 0.6 is 0 Å². The van der Waals surface area contributed by atoms with Crippen LogP contribution in [0.4, 0.5) is 8.78 Å². The summed E-state index contributed by atoms with van der Waals surface area (Å²) in [5.74, 6) is -1.29. The molecule has 21 heavy (non-hydrogen) atoms. The van der Waals surface area contributed by atoms with Crippen molar-refractivity contribution < 1.29 is 18.6 Å². The first-order valence-electron chi connectivity index (χ1n) is 6.98. The Morgan fingerprint density at radius 1 is 1.10 bits per heavy atom. The van der Waals surface area contributed by atoms with Crippen molar-refractivity contribution in [3.8, 4) is 5.75 Å². The van der Waals surface area contributed by atoms with E-state index in [1.807, 2.05) is 0 Å². The molecule has 1 N–H and O–H groups in total. The first kappa shape index (κ1) is 15.4. The number of ether oxygens (including phenoxy) is 1. The van der Waals surface area contributed by atoms with Gasteiger partial charge < -0.3 is 9.84 Å². The van der Waals surface area contributed by atoms with Gasteiger partial charge in [-0.3, -0.25) is 0 Å². The van der Waals surface area contributed by atoms with Crippen LogP contribution in [-0.4, -0.2) is 11.7 Å². The van der Waals surface area contributed by atoms with Crippen LogP contribution in [-0.2, 0) is 0 Å². The number of hydrogen-bond donors (Lipinski definition) is 1. The summed E-state index contributed by atoms with van der Waals surface area (Å²) in [6.07, 6.45) is 0.819. The molecule has 0 aromatic heterocycles. The number of halogens is 2. The summed E-state index contributed by atoms with van der Waals surface area (Å²) in [6, 6.07) is 10.5. The van der Waals surface area contributed by atoms with Gasteiger partial charge in [-0.1, -0.05) is 37.6 Å². The third kappa shape index (κ3) is 3.79. The second-order valence-electron chi connectivity index (χ2n) is 4.82. The molecule has 0 aliphatic carbocycles. The van der Waals surface area contributed by atoms with Gasteiger partial charge in [-0.15, -0.1) is 0 Å². The van der Waals surface area contributed by atoms with Gasteiger partial charge in [-0.25, -0.2) is 8.78 Å². The molecule has 0 saturated carbocycles. The average Bonchev–Trinajstić information content (AvgIpc) is 2.50. The number of benzene rings is 2. The quantitative estimate of drug-likeness (QED) is 0.808. The van der Waals surface area contributed by atoms with Crippen molar-refractivity contribution in [2.24, 2.45) is 0 Å². The van der Waals surface area contributed by atoms with E-state index in [9.17, 15) is 13.9 Å². The van der Waals surface area contributed by atoms with Crippen LogP contribution in [0.25, 0.3) is 0 Å². The standard InChI is InChI=1S/C17H18F2O2/c1-2-3-11-21-13-9-7-12(8-10-13)17(20)14-5-4-6-15(18)16(14)19/h4-10,17,20H,2-3,11H2,1H3. The van der Waals surface area contributed by atoms with E-state index in [2.05, 4.69) is 6.92 Å². The minimum Gasteiger partial charge on any atom is -0.494 e. The normalized spacial score (nSPS) is 12.2. The van der Waals surface area contributed by atoms with E-state index in [0.29, 0.717) is 17.9 Å². The Balaban J connectivity index is 2.12. The lowest BCUT2D eigenvalue weighted by atomic mass is 10.0. The van der Waals surface area contributed by atoms with E-state index >= 15 is 0 Å². The van der Waals surface area contributed by atoms with Crippen LogP contribution in [0, 0.1) is 11.6 Å². The van der Waals surface area contributed by atoms with Gasteiger partial charge in [-0.2, -0.15) is 0 Å². The van der Waals surface area contributed by atoms with Crippen LogP contribution in [0.3, 0.4) is 0 Å². The first-order valence-corrected chi connectivity index (χ1v) is 6.98. The lowest BCUT2D eigenvalue weighted by Gasteiger charge is -2.13. The highest BCUT2D eigenvalue weighted by Gasteiger charge is 2.17. The van der Waals surface area contributed by atoms with Crippen LogP contribution in [0.2, 0.25) is 0 Å². The van der Waals surface area contributed by atoms with E-state index in [4.69, 9.17) is 4.74 Å². The summed E-state index contributed by atoms with van der Waals surface area (Å²) in [6.45, 7) is 2.72. The van der Waals surface area contributed by atoms with Crippen molar-refractivity contribution >= 4 is 0 Å². The highest BCUT2D eigenvalue weighted by molar-refractivity contribution is 5.34.